The molecule has 0 unspecified atom stereocenters. The highest BCUT2D eigenvalue weighted by molar-refractivity contribution is 5.83. The quantitative estimate of drug-likeness (QED) is 0.197. The summed E-state index contributed by atoms with van der Waals surface area (Å²) in [6.45, 7) is -0.206. The number of aromatic nitrogens is 4. The third-order valence-corrected chi connectivity index (χ3v) is 6.87. The fourth-order valence-electron chi connectivity index (χ4n) is 4.66. The number of benzene rings is 1. The Labute approximate surface area is 225 Å². The second-order valence-electron chi connectivity index (χ2n) is 9.64. The maximum Gasteiger partial charge on any atom is 0.368 e. The molecule has 0 spiro atoms. The standard InChI is InChI=1S/C27H28N6O4.ClH/c34-14-16-11-22(25(36)24(16)35)32-26-19(21-8-5-15-3-1-2-4-20(15)31-21)13-29-27(33-26)30-17-9-10-28-23(12-17)37-18-6-7-18;/h1-5,8-10,12-13,16,18,22,24-25,34-36H,6-7,11,14H2,(H2,28,29,30,32,33);1H/t16-,22-,24-,25+;/m1./s1. The van der Waals surface area contributed by atoms with E-state index in [-0.39, 0.29) is 25.1 Å². The number of hydrogen-bond acceptors (Lipinski definition) is 9. The van der Waals surface area contributed by atoms with Crippen LogP contribution in [0.3, 0.4) is 0 Å². The van der Waals surface area contributed by atoms with E-state index in [0.29, 0.717) is 35.3 Å². The smallest absolute Gasteiger partial charge is 0.368 e. The predicted octanol–water partition coefficient (Wildman–Crippen LogP) is -0.691. The van der Waals surface area contributed by atoms with E-state index in [4.69, 9.17) is 14.7 Å². The fourth-order valence-corrected chi connectivity index (χ4v) is 4.66. The van der Waals surface area contributed by atoms with E-state index in [9.17, 15) is 15.3 Å². The number of aliphatic hydroxyl groups is 3. The van der Waals surface area contributed by atoms with Gasteiger partial charge < -0.3 is 43.1 Å². The number of anilines is 3. The molecule has 198 valence electrons. The van der Waals surface area contributed by atoms with Gasteiger partial charge in [-0.15, -0.1) is 0 Å². The lowest BCUT2D eigenvalue weighted by molar-refractivity contribution is -0.395. The van der Waals surface area contributed by atoms with E-state index < -0.39 is 24.2 Å². The molecule has 4 aromatic rings. The molecule has 3 aromatic heterocycles. The van der Waals surface area contributed by atoms with Crippen molar-refractivity contribution >= 4 is 28.4 Å². The zero-order valence-electron chi connectivity index (χ0n) is 20.5. The van der Waals surface area contributed by atoms with Crippen LogP contribution in [-0.4, -0.2) is 61.2 Å². The van der Waals surface area contributed by atoms with Gasteiger partial charge in [-0.3, -0.25) is 0 Å². The lowest BCUT2D eigenvalue weighted by Crippen LogP contribution is -3.00. The SMILES string of the molecule is OC[C@H]1C[C@@H](Nc2nc(Nc3cc[nH+]c(OC4CC4)c3)ncc2-c2ccc3ccccc3n2)[C@H](O)[C@@H]1O.[Cl-]. The number of halogens is 1. The van der Waals surface area contributed by atoms with Crippen LogP contribution in [0.1, 0.15) is 19.3 Å². The second-order valence-corrected chi connectivity index (χ2v) is 9.64. The minimum atomic E-state index is -1.05. The molecule has 0 amide bonds. The number of ether oxygens (including phenoxy) is 1. The van der Waals surface area contributed by atoms with E-state index in [2.05, 4.69) is 20.6 Å². The number of H-pyrrole nitrogens is 1. The van der Waals surface area contributed by atoms with Gasteiger partial charge in [0.2, 0.25) is 5.95 Å². The van der Waals surface area contributed by atoms with Gasteiger partial charge in [0.25, 0.3) is 0 Å². The average Bonchev–Trinajstić information content (AvgIpc) is 3.69. The summed E-state index contributed by atoms with van der Waals surface area (Å²) in [5.74, 6) is 1.06. The van der Waals surface area contributed by atoms with Gasteiger partial charge in [0.15, 0.2) is 6.20 Å². The molecule has 6 N–H and O–H groups in total. The first-order valence-corrected chi connectivity index (χ1v) is 12.5. The van der Waals surface area contributed by atoms with Crippen LogP contribution < -0.4 is 32.8 Å². The summed E-state index contributed by atoms with van der Waals surface area (Å²) in [4.78, 5) is 17.1. The second kappa shape index (κ2) is 11.0. The highest BCUT2D eigenvalue weighted by Gasteiger charge is 2.41. The van der Waals surface area contributed by atoms with Crippen molar-refractivity contribution in [1.82, 2.24) is 15.0 Å². The normalized spacial score (nSPS) is 22.6. The molecule has 0 saturated heterocycles. The van der Waals surface area contributed by atoms with Gasteiger partial charge in [-0.2, -0.15) is 9.97 Å². The number of nitrogens with zero attached hydrogens (tertiary/aromatic N) is 3. The van der Waals surface area contributed by atoms with Crippen molar-refractivity contribution in [3.05, 3.63) is 60.9 Å². The number of aromatic amines is 1. The van der Waals surface area contributed by atoms with Crippen LogP contribution in [0.15, 0.2) is 60.9 Å². The average molecular weight is 537 g/mol. The predicted molar refractivity (Wildman–Crippen MR) is 137 cm³/mol. The highest BCUT2D eigenvalue weighted by Crippen LogP contribution is 2.33. The van der Waals surface area contributed by atoms with Crippen molar-refractivity contribution in [3.8, 4) is 17.1 Å². The van der Waals surface area contributed by atoms with Crippen molar-refractivity contribution in [1.29, 1.82) is 0 Å². The number of nitrogens with one attached hydrogen (secondary N) is 3. The molecule has 2 saturated carbocycles. The van der Waals surface area contributed by atoms with Crippen LogP contribution in [0.4, 0.5) is 17.5 Å². The first kappa shape index (κ1) is 26.1. The maximum atomic E-state index is 10.6. The Morgan fingerprint density at radius 2 is 1.87 bits per heavy atom. The van der Waals surface area contributed by atoms with Crippen molar-refractivity contribution in [2.45, 2.75) is 43.6 Å². The first-order valence-electron chi connectivity index (χ1n) is 12.5. The molecule has 0 radical (unpaired) electrons. The Morgan fingerprint density at radius 1 is 1.03 bits per heavy atom. The van der Waals surface area contributed by atoms with Gasteiger partial charge in [-0.05, 0) is 31.4 Å². The van der Waals surface area contributed by atoms with Crippen LogP contribution in [0.2, 0.25) is 0 Å². The molecule has 2 fully saturated rings. The Kier molecular flexibility index (Phi) is 7.57. The molecular weight excluding hydrogens is 508 g/mol. The van der Waals surface area contributed by atoms with Gasteiger partial charge in [-0.25, -0.2) is 9.97 Å². The number of aliphatic hydroxyl groups excluding tert-OH is 3. The summed E-state index contributed by atoms with van der Waals surface area (Å²) >= 11 is 0. The Bertz CT molecular complexity index is 1420. The zero-order valence-corrected chi connectivity index (χ0v) is 21.2. The monoisotopic (exact) mass is 536 g/mol. The van der Waals surface area contributed by atoms with Gasteiger partial charge in [0.05, 0.1) is 40.7 Å². The summed E-state index contributed by atoms with van der Waals surface area (Å²) < 4.78 is 5.84. The van der Waals surface area contributed by atoms with Crippen LogP contribution in [0.25, 0.3) is 22.2 Å². The molecule has 38 heavy (non-hydrogen) atoms. The van der Waals surface area contributed by atoms with E-state index >= 15 is 0 Å². The van der Waals surface area contributed by atoms with Crippen molar-refractivity contribution < 1.29 is 37.4 Å². The lowest BCUT2D eigenvalue weighted by Gasteiger charge is -2.20. The molecule has 0 aliphatic heterocycles. The minimum Gasteiger partial charge on any atom is -1.00 e. The zero-order chi connectivity index (χ0) is 25.4. The largest absolute Gasteiger partial charge is 1.00 e. The maximum absolute atomic E-state index is 10.6. The van der Waals surface area contributed by atoms with Crippen LogP contribution >= 0.6 is 0 Å². The van der Waals surface area contributed by atoms with Gasteiger partial charge in [0.1, 0.15) is 18.0 Å². The fraction of sp³-hybridized carbons (Fsp3) is 0.333. The van der Waals surface area contributed by atoms with E-state index in [1.807, 2.05) is 48.5 Å². The summed E-state index contributed by atoms with van der Waals surface area (Å²) in [5, 5.41) is 38.1. The molecule has 6 rings (SSSR count). The molecule has 3 heterocycles. The number of rotatable bonds is 8. The van der Waals surface area contributed by atoms with Crippen LogP contribution in [-0.2, 0) is 0 Å². The topological polar surface area (TPSA) is 147 Å². The summed E-state index contributed by atoms with van der Waals surface area (Å²) in [6, 6.07) is 15.0. The highest BCUT2D eigenvalue weighted by atomic mass is 35.5. The lowest BCUT2D eigenvalue weighted by atomic mass is 10.1. The molecule has 0 bridgehead atoms. The summed E-state index contributed by atoms with van der Waals surface area (Å²) in [5.41, 5.74) is 2.93. The van der Waals surface area contributed by atoms with E-state index in [0.717, 1.165) is 29.4 Å². The van der Waals surface area contributed by atoms with E-state index in [1.165, 1.54) is 0 Å². The Hall–Kier alpha value is -3.57. The molecule has 2 aliphatic carbocycles. The molecule has 11 heteroatoms. The number of para-hydroxylation sites is 1. The number of pyridine rings is 2. The van der Waals surface area contributed by atoms with Crippen LogP contribution in [0, 0.1) is 5.92 Å². The molecular formula is C27H29ClN6O4. The Morgan fingerprint density at radius 3 is 2.66 bits per heavy atom. The van der Waals surface area contributed by atoms with E-state index in [1.54, 1.807) is 12.4 Å². The van der Waals surface area contributed by atoms with Gasteiger partial charge in [0, 0.05) is 30.2 Å². The van der Waals surface area contributed by atoms with Crippen LogP contribution in [0.5, 0.6) is 5.88 Å². The third kappa shape index (κ3) is 5.48. The van der Waals surface area contributed by atoms with Crippen molar-refractivity contribution in [2.24, 2.45) is 5.92 Å². The molecule has 2 aliphatic rings. The van der Waals surface area contributed by atoms with Crippen molar-refractivity contribution in [2.75, 3.05) is 17.2 Å². The minimum absolute atomic E-state index is 0. The first-order chi connectivity index (χ1) is 18.1. The summed E-state index contributed by atoms with van der Waals surface area (Å²) in [6.07, 6.45) is 4.20. The summed E-state index contributed by atoms with van der Waals surface area (Å²) in [7, 11) is 0. The van der Waals surface area contributed by atoms with Gasteiger partial charge in [-0.1, -0.05) is 24.3 Å². The molecule has 10 nitrogen and oxygen atoms in total. The van der Waals surface area contributed by atoms with Crippen molar-refractivity contribution in [3.63, 3.8) is 0 Å². The Balaban J connectivity index is 0.00000294. The third-order valence-electron chi connectivity index (χ3n) is 6.87. The molecule has 1 aromatic carbocycles. The number of fused-ring (bicyclic) bond motifs is 1. The van der Waals surface area contributed by atoms with Gasteiger partial charge >= 0.3 is 5.88 Å². The number of hydrogen-bond donors (Lipinski definition) is 5. The molecule has 4 atom stereocenters.